The monoisotopic (exact) mass is 471 g/mol. The molecule has 5 rings (SSSR count). The predicted octanol–water partition coefficient (Wildman–Crippen LogP) is 3.88. The largest absolute Gasteiger partial charge is 0.492 e. The van der Waals surface area contributed by atoms with Crippen LogP contribution in [-0.4, -0.2) is 54.2 Å². The molecular formula is C27H25N3O5. The number of benzene rings is 3. The van der Waals surface area contributed by atoms with E-state index in [1.807, 2.05) is 24.3 Å². The molecule has 1 unspecified atom stereocenters. The molecule has 8 heteroatoms. The third-order valence-corrected chi connectivity index (χ3v) is 6.36. The number of ether oxygens (including phenoxy) is 1. The second kappa shape index (κ2) is 9.60. The Labute approximate surface area is 202 Å². The lowest BCUT2D eigenvalue weighted by molar-refractivity contribution is 0.0631. The molecule has 1 atom stereocenters. The summed E-state index contributed by atoms with van der Waals surface area (Å²) in [6.07, 6.45) is 0.605. The smallest absolute Gasteiger partial charge is 0.326 e. The van der Waals surface area contributed by atoms with Gasteiger partial charge in [-0.2, -0.15) is 0 Å². The summed E-state index contributed by atoms with van der Waals surface area (Å²) in [5.41, 5.74) is 3.38. The third-order valence-electron chi connectivity index (χ3n) is 6.36. The average molecular weight is 472 g/mol. The number of aliphatic hydroxyl groups excluding tert-OH is 1. The molecule has 0 spiro atoms. The van der Waals surface area contributed by atoms with Gasteiger partial charge in [0.25, 0.3) is 11.8 Å². The maximum atomic E-state index is 12.9. The van der Waals surface area contributed by atoms with Gasteiger partial charge in [0, 0.05) is 30.4 Å². The summed E-state index contributed by atoms with van der Waals surface area (Å²) in [5.74, 6) is 0.0583. The normalized spacial score (nSPS) is 16.3. The molecule has 178 valence electrons. The van der Waals surface area contributed by atoms with E-state index in [9.17, 15) is 19.5 Å². The molecule has 2 aliphatic heterocycles. The second-order valence-corrected chi connectivity index (χ2v) is 8.49. The van der Waals surface area contributed by atoms with E-state index in [0.29, 0.717) is 35.5 Å². The van der Waals surface area contributed by atoms with Gasteiger partial charge in [-0.25, -0.2) is 4.79 Å². The molecule has 8 nitrogen and oxygen atoms in total. The maximum absolute atomic E-state index is 12.9. The fourth-order valence-electron chi connectivity index (χ4n) is 4.61. The van der Waals surface area contributed by atoms with E-state index in [2.05, 4.69) is 5.32 Å². The fraction of sp³-hybridized carbons (Fsp3) is 0.222. The van der Waals surface area contributed by atoms with Crippen LogP contribution < -0.4 is 15.0 Å². The van der Waals surface area contributed by atoms with Gasteiger partial charge >= 0.3 is 6.03 Å². The number of para-hydroxylation sites is 1. The van der Waals surface area contributed by atoms with Crippen molar-refractivity contribution in [3.63, 3.8) is 0 Å². The summed E-state index contributed by atoms with van der Waals surface area (Å²) in [6, 6.07) is 21.2. The minimum Gasteiger partial charge on any atom is -0.492 e. The second-order valence-electron chi connectivity index (χ2n) is 8.49. The van der Waals surface area contributed by atoms with Crippen LogP contribution in [-0.2, 0) is 0 Å². The molecule has 0 saturated carbocycles. The molecule has 2 N–H and O–H groups in total. The molecule has 2 aliphatic rings. The Kier molecular flexibility index (Phi) is 6.20. The summed E-state index contributed by atoms with van der Waals surface area (Å²) >= 11 is 0. The van der Waals surface area contributed by atoms with Crippen molar-refractivity contribution in [1.29, 1.82) is 0 Å². The van der Waals surface area contributed by atoms with Crippen molar-refractivity contribution < 1.29 is 24.2 Å². The highest BCUT2D eigenvalue weighted by atomic mass is 16.5. The van der Waals surface area contributed by atoms with E-state index in [-0.39, 0.29) is 43.5 Å². The number of anilines is 2. The topological polar surface area (TPSA) is 99.2 Å². The van der Waals surface area contributed by atoms with E-state index >= 15 is 0 Å². The van der Waals surface area contributed by atoms with Crippen molar-refractivity contribution in [2.75, 3.05) is 36.5 Å². The lowest BCUT2D eigenvalue weighted by Gasteiger charge is -2.19. The zero-order valence-corrected chi connectivity index (χ0v) is 19.0. The van der Waals surface area contributed by atoms with Crippen molar-refractivity contribution in [2.24, 2.45) is 0 Å². The molecule has 0 saturated heterocycles. The van der Waals surface area contributed by atoms with Crippen LogP contribution in [0.5, 0.6) is 5.75 Å². The highest BCUT2D eigenvalue weighted by molar-refractivity contribution is 6.21. The van der Waals surface area contributed by atoms with E-state index < -0.39 is 0 Å². The first kappa shape index (κ1) is 22.6. The quantitative estimate of drug-likeness (QED) is 0.510. The van der Waals surface area contributed by atoms with Crippen LogP contribution in [0.1, 0.15) is 38.6 Å². The molecule has 0 fully saturated rings. The molecule has 35 heavy (non-hydrogen) atoms. The van der Waals surface area contributed by atoms with Crippen LogP contribution in [0.4, 0.5) is 16.2 Å². The number of imide groups is 1. The Bertz CT molecular complexity index is 1240. The van der Waals surface area contributed by atoms with Gasteiger partial charge in [-0.1, -0.05) is 30.3 Å². The van der Waals surface area contributed by atoms with Gasteiger partial charge in [0.2, 0.25) is 0 Å². The van der Waals surface area contributed by atoms with Gasteiger partial charge in [-0.05, 0) is 54.4 Å². The van der Waals surface area contributed by atoms with E-state index in [0.717, 1.165) is 11.3 Å². The Morgan fingerprint density at radius 3 is 2.29 bits per heavy atom. The van der Waals surface area contributed by atoms with E-state index in [4.69, 9.17) is 4.74 Å². The molecule has 3 aromatic carbocycles. The lowest BCUT2D eigenvalue weighted by atomic mass is 9.99. The van der Waals surface area contributed by atoms with Gasteiger partial charge in [0.05, 0.1) is 17.7 Å². The van der Waals surface area contributed by atoms with Gasteiger partial charge in [-0.15, -0.1) is 0 Å². The Hall–Kier alpha value is -4.17. The maximum Gasteiger partial charge on any atom is 0.326 e. The minimum absolute atomic E-state index is 0.0724. The minimum atomic E-state index is -0.308. The SMILES string of the molecule is O=C1c2ccccc2C(=O)N1CCOc1ccc(NC(=O)N2CC(CCO)c3ccccc32)cc1. The van der Waals surface area contributed by atoms with E-state index in [1.54, 1.807) is 53.4 Å². The van der Waals surface area contributed by atoms with Crippen LogP contribution in [0, 0.1) is 0 Å². The van der Waals surface area contributed by atoms with Crippen LogP contribution in [0.15, 0.2) is 72.8 Å². The summed E-state index contributed by atoms with van der Waals surface area (Å²) in [5, 5.41) is 12.3. The molecule has 0 radical (unpaired) electrons. The molecule has 2 heterocycles. The number of urea groups is 1. The highest BCUT2D eigenvalue weighted by Crippen LogP contribution is 2.38. The average Bonchev–Trinajstić information content (AvgIpc) is 3.36. The number of hydrogen-bond acceptors (Lipinski definition) is 5. The molecular weight excluding hydrogens is 446 g/mol. The lowest BCUT2D eigenvalue weighted by Crippen LogP contribution is -2.34. The number of carbonyl (C=O) groups is 3. The number of carbonyl (C=O) groups excluding carboxylic acids is 3. The number of rotatable bonds is 7. The molecule has 3 aromatic rings. The van der Waals surface area contributed by atoms with Crippen molar-refractivity contribution in [3.05, 3.63) is 89.5 Å². The van der Waals surface area contributed by atoms with Gasteiger partial charge in [0.15, 0.2) is 0 Å². The number of fused-ring (bicyclic) bond motifs is 2. The van der Waals surface area contributed by atoms with E-state index in [1.165, 1.54) is 4.90 Å². The van der Waals surface area contributed by atoms with Crippen LogP contribution in [0.3, 0.4) is 0 Å². The van der Waals surface area contributed by atoms with Crippen molar-refractivity contribution in [3.8, 4) is 5.75 Å². The summed E-state index contributed by atoms with van der Waals surface area (Å²) < 4.78 is 5.72. The fourth-order valence-corrected chi connectivity index (χ4v) is 4.61. The van der Waals surface area contributed by atoms with Gasteiger partial charge < -0.3 is 15.2 Å². The molecule has 4 amide bonds. The van der Waals surface area contributed by atoms with Crippen LogP contribution in [0.2, 0.25) is 0 Å². The Morgan fingerprint density at radius 2 is 1.60 bits per heavy atom. The number of amides is 4. The number of nitrogens with one attached hydrogen (secondary N) is 1. The number of aliphatic hydroxyl groups is 1. The summed E-state index contributed by atoms with van der Waals surface area (Å²) in [6.45, 7) is 0.899. The van der Waals surface area contributed by atoms with Crippen LogP contribution in [0.25, 0.3) is 0 Å². The molecule has 0 aliphatic carbocycles. The van der Waals surface area contributed by atoms with Gasteiger partial charge in [0.1, 0.15) is 12.4 Å². The molecule has 0 bridgehead atoms. The highest BCUT2D eigenvalue weighted by Gasteiger charge is 2.35. The van der Waals surface area contributed by atoms with Gasteiger partial charge in [-0.3, -0.25) is 19.4 Å². The Balaban J connectivity index is 1.16. The Morgan fingerprint density at radius 1 is 0.943 bits per heavy atom. The third kappa shape index (κ3) is 4.36. The predicted molar refractivity (Wildman–Crippen MR) is 131 cm³/mol. The molecule has 0 aromatic heterocycles. The summed E-state index contributed by atoms with van der Waals surface area (Å²) in [4.78, 5) is 40.7. The number of nitrogens with zero attached hydrogens (tertiary/aromatic N) is 2. The van der Waals surface area contributed by atoms with Crippen molar-refractivity contribution in [1.82, 2.24) is 4.90 Å². The first-order valence-electron chi connectivity index (χ1n) is 11.5. The first-order valence-corrected chi connectivity index (χ1v) is 11.5. The number of hydrogen-bond donors (Lipinski definition) is 2. The van der Waals surface area contributed by atoms with Crippen LogP contribution >= 0.6 is 0 Å². The zero-order valence-electron chi connectivity index (χ0n) is 19.0. The van der Waals surface area contributed by atoms with Crippen molar-refractivity contribution >= 4 is 29.2 Å². The standard InChI is InChI=1S/C27H25N3O5/c31-15-13-18-17-30(24-8-4-3-5-21(18)24)27(34)28-19-9-11-20(12-10-19)35-16-14-29-25(32)22-6-1-2-7-23(22)26(29)33/h1-12,18,31H,13-17H2,(H,28,34). The first-order chi connectivity index (χ1) is 17.1. The zero-order chi connectivity index (χ0) is 24.4. The van der Waals surface area contributed by atoms with Crippen molar-refractivity contribution in [2.45, 2.75) is 12.3 Å². The summed E-state index contributed by atoms with van der Waals surface area (Å²) in [7, 11) is 0.